The summed E-state index contributed by atoms with van der Waals surface area (Å²) in [5.74, 6) is -1.04. The fourth-order valence-electron chi connectivity index (χ4n) is 2.67. The molecule has 3 rings (SSSR count). The summed E-state index contributed by atoms with van der Waals surface area (Å²) in [6, 6.07) is 0. The predicted molar refractivity (Wildman–Crippen MR) is 58.2 cm³/mol. The van der Waals surface area contributed by atoms with Crippen molar-refractivity contribution in [2.24, 2.45) is 0 Å². The average Bonchev–Trinajstić information content (AvgIpc) is 2.75. The molecule has 5 nitrogen and oxygen atoms in total. The third kappa shape index (κ3) is 2.22. The lowest BCUT2D eigenvalue weighted by Gasteiger charge is -2.23. The quantitative estimate of drug-likeness (QED) is 0.697. The lowest BCUT2D eigenvalue weighted by Crippen LogP contribution is -2.33. The van der Waals surface area contributed by atoms with Gasteiger partial charge in [0.1, 0.15) is 12.2 Å². The van der Waals surface area contributed by atoms with E-state index in [1.165, 1.54) is 0 Å². The number of ether oxygens (including phenoxy) is 5. The van der Waals surface area contributed by atoms with E-state index in [1.807, 2.05) is 27.7 Å². The van der Waals surface area contributed by atoms with Gasteiger partial charge in [0.15, 0.2) is 17.9 Å². The smallest absolute Gasteiger partial charge is 0.187 e. The van der Waals surface area contributed by atoms with Gasteiger partial charge < -0.3 is 23.7 Å². The maximum Gasteiger partial charge on any atom is 0.187 e. The van der Waals surface area contributed by atoms with Crippen molar-refractivity contribution in [3.63, 3.8) is 0 Å². The second-order valence-corrected chi connectivity index (χ2v) is 5.82. The molecule has 0 aliphatic carbocycles. The topological polar surface area (TPSA) is 46.2 Å². The molecule has 0 bridgehead atoms. The van der Waals surface area contributed by atoms with Gasteiger partial charge in [-0.2, -0.15) is 0 Å². The highest BCUT2D eigenvalue weighted by Gasteiger charge is 2.52. The monoisotopic (exact) mass is 244 g/mol. The van der Waals surface area contributed by atoms with Gasteiger partial charge in [-0.15, -0.1) is 0 Å². The van der Waals surface area contributed by atoms with E-state index >= 15 is 0 Å². The molecular weight excluding hydrogens is 224 g/mol. The van der Waals surface area contributed by atoms with E-state index in [2.05, 4.69) is 0 Å². The molecule has 3 aliphatic rings. The minimum atomic E-state index is -0.535. The maximum absolute atomic E-state index is 5.85. The zero-order valence-corrected chi connectivity index (χ0v) is 10.8. The zero-order valence-electron chi connectivity index (χ0n) is 10.8. The number of hydrogen-bond donors (Lipinski definition) is 0. The fraction of sp³-hybridized carbons (Fsp3) is 1.00. The Morgan fingerprint density at radius 3 is 2.12 bits per heavy atom. The third-order valence-electron chi connectivity index (χ3n) is 3.36. The van der Waals surface area contributed by atoms with Gasteiger partial charge in [0.25, 0.3) is 0 Å². The Labute approximate surface area is 101 Å². The molecule has 3 saturated heterocycles. The van der Waals surface area contributed by atoms with Gasteiger partial charge in [-0.3, -0.25) is 0 Å². The molecule has 0 aromatic rings. The summed E-state index contributed by atoms with van der Waals surface area (Å²) >= 11 is 0. The third-order valence-corrected chi connectivity index (χ3v) is 3.36. The molecule has 5 heteroatoms. The molecule has 0 amide bonds. The highest BCUT2D eigenvalue weighted by atomic mass is 16.8. The molecule has 3 aliphatic heterocycles. The van der Waals surface area contributed by atoms with Crippen LogP contribution < -0.4 is 0 Å². The molecule has 0 saturated carbocycles. The van der Waals surface area contributed by atoms with Crippen LogP contribution in [-0.2, 0) is 23.7 Å². The molecule has 0 unspecified atom stereocenters. The average molecular weight is 244 g/mol. The number of hydrogen-bond acceptors (Lipinski definition) is 5. The van der Waals surface area contributed by atoms with Crippen LogP contribution >= 0.6 is 0 Å². The first-order chi connectivity index (χ1) is 7.85. The van der Waals surface area contributed by atoms with Gasteiger partial charge >= 0.3 is 0 Å². The van der Waals surface area contributed by atoms with Crippen molar-refractivity contribution < 1.29 is 23.7 Å². The Kier molecular flexibility index (Phi) is 2.55. The Morgan fingerprint density at radius 2 is 1.53 bits per heavy atom. The van der Waals surface area contributed by atoms with E-state index in [0.29, 0.717) is 6.61 Å². The lowest BCUT2D eigenvalue weighted by atomic mass is 10.1. The first kappa shape index (κ1) is 11.9. The molecule has 0 aromatic heterocycles. The minimum absolute atomic E-state index is 0.00266. The molecule has 0 N–H and O–H groups in total. The summed E-state index contributed by atoms with van der Waals surface area (Å²) in [6.07, 6.45) is 0.538. The summed E-state index contributed by atoms with van der Waals surface area (Å²) in [5.41, 5.74) is 0. The Bertz CT molecular complexity index is 298. The fourth-order valence-corrected chi connectivity index (χ4v) is 2.67. The van der Waals surface area contributed by atoms with Gasteiger partial charge in [0.2, 0.25) is 0 Å². The van der Waals surface area contributed by atoms with Crippen molar-refractivity contribution in [2.45, 2.75) is 70.3 Å². The Balaban J connectivity index is 1.60. The number of rotatable bonds is 1. The van der Waals surface area contributed by atoms with Crippen LogP contribution in [0.5, 0.6) is 0 Å². The molecule has 4 atom stereocenters. The Morgan fingerprint density at radius 1 is 0.824 bits per heavy atom. The predicted octanol–water partition coefficient (Wildman–Crippen LogP) is 1.40. The van der Waals surface area contributed by atoms with Gasteiger partial charge in [-0.05, 0) is 27.7 Å². The Hall–Kier alpha value is -0.200. The van der Waals surface area contributed by atoms with Crippen LogP contribution in [0.4, 0.5) is 0 Å². The second-order valence-electron chi connectivity index (χ2n) is 5.82. The SMILES string of the molecule is CC1(C)O[C@H]2O[C@@H]([C@@H]3COC(C)(C)O3)C[C@@H]2O1. The van der Waals surface area contributed by atoms with E-state index in [-0.39, 0.29) is 24.6 Å². The van der Waals surface area contributed by atoms with E-state index < -0.39 is 11.6 Å². The molecule has 3 heterocycles. The molecule has 0 radical (unpaired) electrons. The van der Waals surface area contributed by atoms with E-state index in [0.717, 1.165) is 6.42 Å². The lowest BCUT2D eigenvalue weighted by molar-refractivity contribution is -0.220. The first-order valence-electron chi connectivity index (χ1n) is 6.18. The van der Waals surface area contributed by atoms with Crippen molar-refractivity contribution in [2.75, 3.05) is 6.61 Å². The van der Waals surface area contributed by atoms with Crippen LogP contribution in [0, 0.1) is 0 Å². The largest absolute Gasteiger partial charge is 0.348 e. The van der Waals surface area contributed by atoms with E-state index in [4.69, 9.17) is 23.7 Å². The molecule has 0 aromatic carbocycles. The van der Waals surface area contributed by atoms with Crippen LogP contribution in [0.3, 0.4) is 0 Å². The summed E-state index contributed by atoms with van der Waals surface area (Å²) in [5, 5.41) is 0. The summed E-state index contributed by atoms with van der Waals surface area (Å²) in [7, 11) is 0. The van der Waals surface area contributed by atoms with Crippen molar-refractivity contribution >= 4 is 0 Å². The van der Waals surface area contributed by atoms with Crippen molar-refractivity contribution in [1.82, 2.24) is 0 Å². The van der Waals surface area contributed by atoms with Gasteiger partial charge in [0.05, 0.1) is 12.7 Å². The van der Waals surface area contributed by atoms with Crippen molar-refractivity contribution in [3.05, 3.63) is 0 Å². The normalized spacial score (nSPS) is 47.3. The highest BCUT2D eigenvalue weighted by molar-refractivity contribution is 4.90. The van der Waals surface area contributed by atoms with Gasteiger partial charge in [-0.1, -0.05) is 0 Å². The van der Waals surface area contributed by atoms with Crippen LogP contribution in [0.25, 0.3) is 0 Å². The standard InChI is InChI=1S/C12H20O5/c1-11(2)13-6-9(16-11)7-5-8-10(14-7)17-12(3,4)15-8/h7-10H,5-6H2,1-4H3/t7-,8+,9+,10-/m1/s1. The van der Waals surface area contributed by atoms with Gasteiger partial charge in [-0.25, -0.2) is 0 Å². The summed E-state index contributed by atoms with van der Waals surface area (Å²) in [6.45, 7) is 8.21. The maximum atomic E-state index is 5.85. The first-order valence-corrected chi connectivity index (χ1v) is 6.18. The van der Waals surface area contributed by atoms with Crippen LogP contribution in [-0.4, -0.2) is 42.8 Å². The van der Waals surface area contributed by atoms with Crippen molar-refractivity contribution in [3.8, 4) is 0 Å². The second kappa shape index (κ2) is 3.65. The summed E-state index contributed by atoms with van der Waals surface area (Å²) < 4.78 is 28.6. The van der Waals surface area contributed by atoms with Crippen LogP contribution in [0.1, 0.15) is 34.1 Å². The zero-order chi connectivity index (χ0) is 12.3. The molecular formula is C12H20O5. The van der Waals surface area contributed by atoms with Crippen LogP contribution in [0.2, 0.25) is 0 Å². The van der Waals surface area contributed by atoms with Crippen molar-refractivity contribution in [1.29, 1.82) is 0 Å². The number of fused-ring (bicyclic) bond motifs is 1. The van der Waals surface area contributed by atoms with E-state index in [1.54, 1.807) is 0 Å². The van der Waals surface area contributed by atoms with E-state index in [9.17, 15) is 0 Å². The molecule has 17 heavy (non-hydrogen) atoms. The molecule has 0 spiro atoms. The minimum Gasteiger partial charge on any atom is -0.348 e. The van der Waals surface area contributed by atoms with Crippen LogP contribution in [0.15, 0.2) is 0 Å². The molecule has 3 fully saturated rings. The van der Waals surface area contributed by atoms with Gasteiger partial charge in [0, 0.05) is 6.42 Å². The molecule has 98 valence electrons. The highest BCUT2D eigenvalue weighted by Crippen LogP contribution is 2.40. The summed E-state index contributed by atoms with van der Waals surface area (Å²) in [4.78, 5) is 0.